The number of nitrogens with zero attached hydrogens (tertiary/aromatic N) is 4. The quantitative estimate of drug-likeness (QED) is 0.615. The summed E-state index contributed by atoms with van der Waals surface area (Å²) < 4.78 is 1.15. The van der Waals surface area contributed by atoms with E-state index in [2.05, 4.69) is 25.9 Å². The Kier molecular flexibility index (Phi) is 3.33. The Morgan fingerprint density at radius 3 is 2.95 bits per heavy atom. The van der Waals surface area contributed by atoms with E-state index in [-0.39, 0.29) is 12.5 Å². The van der Waals surface area contributed by atoms with Gasteiger partial charge in [-0.2, -0.15) is 9.61 Å². The number of carbonyl (C=O) groups excluding carboxylic acids is 1. The van der Waals surface area contributed by atoms with Gasteiger partial charge < -0.3 is 15.5 Å². The van der Waals surface area contributed by atoms with Gasteiger partial charge in [-0.3, -0.25) is 4.79 Å². The van der Waals surface area contributed by atoms with Crippen LogP contribution in [0.1, 0.15) is 0 Å². The zero-order valence-electron chi connectivity index (χ0n) is 10.8. The lowest BCUT2D eigenvalue weighted by molar-refractivity contribution is -0.129. The Labute approximate surface area is 114 Å². The number of fused-ring (bicyclic) bond motifs is 1. The molecule has 9 heteroatoms. The molecule has 0 unspecified atom stereocenters. The zero-order valence-corrected chi connectivity index (χ0v) is 10.8. The number of H-pyrrole nitrogens is 1. The number of carbonyl (C=O) groups is 1. The van der Waals surface area contributed by atoms with E-state index in [0.29, 0.717) is 24.6 Å². The second kappa shape index (κ2) is 5.29. The number of piperazine rings is 1. The predicted octanol–water partition coefficient (Wildman–Crippen LogP) is -1.74. The van der Waals surface area contributed by atoms with Gasteiger partial charge in [0.05, 0.1) is 6.54 Å². The van der Waals surface area contributed by atoms with E-state index >= 15 is 0 Å². The molecule has 3 rings (SSSR count). The van der Waals surface area contributed by atoms with Crippen molar-refractivity contribution in [2.24, 2.45) is 0 Å². The van der Waals surface area contributed by atoms with Crippen LogP contribution in [0.15, 0.2) is 16.9 Å². The first-order valence-electron chi connectivity index (χ1n) is 6.41. The number of amides is 1. The second-order valence-electron chi connectivity index (χ2n) is 4.50. The molecule has 0 atom stereocenters. The second-order valence-corrected chi connectivity index (χ2v) is 4.50. The van der Waals surface area contributed by atoms with Gasteiger partial charge in [-0.1, -0.05) is 0 Å². The minimum absolute atomic E-state index is 0.0212. The maximum absolute atomic E-state index is 12.0. The molecule has 20 heavy (non-hydrogen) atoms. The fraction of sp³-hybridized carbons (Fsp3) is 0.455. The molecule has 2 aromatic heterocycles. The van der Waals surface area contributed by atoms with Gasteiger partial charge in [-0.05, 0) is 12.1 Å². The van der Waals surface area contributed by atoms with Crippen LogP contribution in [-0.4, -0.2) is 63.3 Å². The summed E-state index contributed by atoms with van der Waals surface area (Å²) in [6, 6.07) is 3.34. The third-order valence-electron chi connectivity index (χ3n) is 3.16. The molecule has 9 nitrogen and oxygen atoms in total. The van der Waals surface area contributed by atoms with Crippen molar-refractivity contribution in [2.45, 2.75) is 0 Å². The molecule has 0 radical (unpaired) electrons. The fourth-order valence-electron chi connectivity index (χ4n) is 2.09. The highest BCUT2D eigenvalue weighted by Crippen LogP contribution is 2.03. The number of hydrogen-bond acceptors (Lipinski definition) is 6. The molecule has 0 spiro atoms. The number of hydrogen-bond donors (Lipinski definition) is 3. The molecule has 1 aliphatic rings. The molecule has 2 aromatic rings. The van der Waals surface area contributed by atoms with Gasteiger partial charge in [0.15, 0.2) is 5.65 Å². The van der Waals surface area contributed by atoms with E-state index in [4.69, 9.17) is 0 Å². The number of aromatic nitrogens is 4. The number of rotatable bonds is 3. The van der Waals surface area contributed by atoms with E-state index in [0.717, 1.165) is 17.6 Å². The summed E-state index contributed by atoms with van der Waals surface area (Å²) in [5.41, 5.74) is 0.0334. The molecule has 1 aliphatic heterocycles. The van der Waals surface area contributed by atoms with Gasteiger partial charge in [-0.15, -0.1) is 5.10 Å². The molecular formula is C11H15N7O2. The van der Waals surface area contributed by atoms with Crippen molar-refractivity contribution >= 4 is 17.4 Å². The molecule has 106 valence electrons. The Bertz CT molecular complexity index is 671. The van der Waals surface area contributed by atoms with Crippen LogP contribution in [0.25, 0.3) is 5.65 Å². The van der Waals surface area contributed by atoms with E-state index in [9.17, 15) is 9.59 Å². The summed E-state index contributed by atoms with van der Waals surface area (Å²) in [5.74, 6) is 0.484. The highest BCUT2D eigenvalue weighted by atomic mass is 16.2. The van der Waals surface area contributed by atoms with Gasteiger partial charge in [0.1, 0.15) is 5.82 Å². The third kappa shape index (κ3) is 2.48. The maximum atomic E-state index is 12.0. The summed E-state index contributed by atoms with van der Waals surface area (Å²) in [4.78, 5) is 25.2. The molecule has 3 N–H and O–H groups in total. The lowest BCUT2D eigenvalue weighted by Gasteiger charge is -2.27. The number of nitrogens with one attached hydrogen (secondary N) is 3. The van der Waals surface area contributed by atoms with Crippen LogP contribution in [0.4, 0.5) is 5.82 Å². The molecule has 0 saturated carbocycles. The van der Waals surface area contributed by atoms with Crippen molar-refractivity contribution in [3.05, 3.63) is 22.6 Å². The van der Waals surface area contributed by atoms with Crippen molar-refractivity contribution < 1.29 is 4.79 Å². The average molecular weight is 277 g/mol. The number of anilines is 1. The van der Waals surface area contributed by atoms with Crippen LogP contribution in [0.5, 0.6) is 0 Å². The summed E-state index contributed by atoms with van der Waals surface area (Å²) in [7, 11) is 0. The van der Waals surface area contributed by atoms with Gasteiger partial charge in [0.2, 0.25) is 5.91 Å². The van der Waals surface area contributed by atoms with Crippen LogP contribution in [0.3, 0.4) is 0 Å². The molecule has 0 bridgehead atoms. The predicted molar refractivity (Wildman–Crippen MR) is 71.5 cm³/mol. The van der Waals surface area contributed by atoms with Crippen LogP contribution in [-0.2, 0) is 4.79 Å². The lowest BCUT2D eigenvalue weighted by Crippen LogP contribution is -2.48. The molecule has 1 fully saturated rings. The Morgan fingerprint density at radius 2 is 2.15 bits per heavy atom. The highest BCUT2D eigenvalue weighted by Gasteiger charge is 2.15. The smallest absolute Gasteiger partial charge is 0.360 e. The van der Waals surface area contributed by atoms with Gasteiger partial charge in [-0.25, -0.2) is 9.89 Å². The van der Waals surface area contributed by atoms with Crippen molar-refractivity contribution in [3.63, 3.8) is 0 Å². The standard InChI is InChI=1S/C11H15N7O2/c19-10(17-5-3-12-4-6-17)7-13-8-1-2-9-14-15-11(20)18(9)16-8/h1-2,12H,3-7H2,(H,13,16)(H,15,20). The summed E-state index contributed by atoms with van der Waals surface area (Å²) in [6.45, 7) is 3.23. The fourth-order valence-corrected chi connectivity index (χ4v) is 2.09. The first-order chi connectivity index (χ1) is 9.74. The van der Waals surface area contributed by atoms with Crippen LogP contribution in [0.2, 0.25) is 0 Å². The molecule has 1 amide bonds. The first-order valence-corrected chi connectivity index (χ1v) is 6.41. The molecule has 0 aliphatic carbocycles. The maximum Gasteiger partial charge on any atom is 0.364 e. The van der Waals surface area contributed by atoms with Gasteiger partial charge in [0.25, 0.3) is 0 Å². The molecule has 1 saturated heterocycles. The highest BCUT2D eigenvalue weighted by molar-refractivity contribution is 5.80. The largest absolute Gasteiger partial charge is 0.364 e. The summed E-state index contributed by atoms with van der Waals surface area (Å²) in [6.07, 6.45) is 0. The monoisotopic (exact) mass is 277 g/mol. The van der Waals surface area contributed by atoms with Crippen molar-refractivity contribution in [1.82, 2.24) is 30.0 Å². The van der Waals surface area contributed by atoms with E-state index < -0.39 is 5.69 Å². The van der Waals surface area contributed by atoms with Gasteiger partial charge >= 0.3 is 5.69 Å². The Hall–Kier alpha value is -2.42. The number of aromatic amines is 1. The van der Waals surface area contributed by atoms with Gasteiger partial charge in [0, 0.05) is 26.2 Å². The van der Waals surface area contributed by atoms with Crippen LogP contribution in [0, 0.1) is 0 Å². The SMILES string of the molecule is O=C(CNc1ccc2n[nH]c(=O)n2n1)N1CCNCC1. The Morgan fingerprint density at radius 1 is 1.35 bits per heavy atom. The van der Waals surface area contributed by atoms with E-state index in [1.54, 1.807) is 17.0 Å². The molecule has 0 aromatic carbocycles. The zero-order chi connectivity index (χ0) is 13.9. The van der Waals surface area contributed by atoms with Crippen LogP contribution < -0.4 is 16.3 Å². The van der Waals surface area contributed by atoms with Crippen molar-refractivity contribution in [1.29, 1.82) is 0 Å². The minimum atomic E-state index is -0.405. The molecular weight excluding hydrogens is 262 g/mol. The normalized spacial score (nSPS) is 15.5. The minimum Gasteiger partial charge on any atom is -0.360 e. The van der Waals surface area contributed by atoms with Crippen molar-refractivity contribution in [2.75, 3.05) is 38.0 Å². The van der Waals surface area contributed by atoms with E-state index in [1.165, 1.54) is 0 Å². The lowest BCUT2D eigenvalue weighted by atomic mass is 10.3. The molecule has 3 heterocycles. The topological polar surface area (TPSA) is 107 Å². The first kappa shape index (κ1) is 12.6. The average Bonchev–Trinajstić information content (AvgIpc) is 2.87. The summed E-state index contributed by atoms with van der Waals surface area (Å²) in [5, 5.41) is 16.3. The summed E-state index contributed by atoms with van der Waals surface area (Å²) >= 11 is 0. The third-order valence-corrected chi connectivity index (χ3v) is 3.16. The van der Waals surface area contributed by atoms with E-state index in [1.807, 2.05) is 0 Å². The van der Waals surface area contributed by atoms with Crippen molar-refractivity contribution in [3.8, 4) is 0 Å². The van der Waals surface area contributed by atoms with Crippen LogP contribution >= 0.6 is 0 Å². The Balaban J connectivity index is 1.65.